The van der Waals surface area contributed by atoms with Crippen LogP contribution in [-0.4, -0.2) is 21.9 Å². The molecule has 1 aromatic rings. The van der Waals surface area contributed by atoms with Crippen molar-refractivity contribution in [3.8, 4) is 0 Å². The van der Waals surface area contributed by atoms with Crippen molar-refractivity contribution in [3.05, 3.63) is 24.2 Å². The van der Waals surface area contributed by atoms with Crippen LogP contribution in [0.4, 0.5) is 0 Å². The topological polar surface area (TPSA) is 33.5 Å². The number of hydrogen-bond donors (Lipinski definition) is 0. The molecule has 0 N–H and O–H groups in total. The summed E-state index contributed by atoms with van der Waals surface area (Å²) in [6.45, 7) is 8.53. The molecule has 0 radical (unpaired) electrons. The van der Waals surface area contributed by atoms with Crippen LogP contribution in [0.25, 0.3) is 0 Å². The average molecular weight is 235 g/mol. The van der Waals surface area contributed by atoms with E-state index in [4.69, 9.17) is 4.42 Å². The summed E-state index contributed by atoms with van der Waals surface area (Å²) in [7, 11) is 0. The molecule has 0 atom stereocenters. The van der Waals surface area contributed by atoms with Gasteiger partial charge in [-0.05, 0) is 59.1 Å². The van der Waals surface area contributed by atoms with Crippen LogP contribution in [0.1, 0.15) is 57.5 Å². The monoisotopic (exact) mass is 235 g/mol. The average Bonchev–Trinajstić information content (AvgIpc) is 2.66. The summed E-state index contributed by atoms with van der Waals surface area (Å²) >= 11 is 0. The lowest BCUT2D eigenvalue weighted by molar-refractivity contribution is -0.0134. The predicted octanol–water partition coefficient (Wildman–Crippen LogP) is 3.46. The van der Waals surface area contributed by atoms with E-state index in [2.05, 4.69) is 27.7 Å². The van der Waals surface area contributed by atoms with E-state index < -0.39 is 0 Å². The van der Waals surface area contributed by atoms with Crippen LogP contribution in [0, 0.1) is 0 Å². The Morgan fingerprint density at radius 1 is 1.24 bits per heavy atom. The van der Waals surface area contributed by atoms with Gasteiger partial charge in [0.1, 0.15) is 0 Å². The standard InChI is InChI=1S/C14H21NO2/c1-13(2)8-6-9-14(3,4)15(13)12(16)11-7-5-10-17-11/h5,7,10H,6,8-9H2,1-4H3. The lowest BCUT2D eigenvalue weighted by Gasteiger charge is -2.52. The van der Waals surface area contributed by atoms with Crippen molar-refractivity contribution in [2.24, 2.45) is 0 Å². The lowest BCUT2D eigenvalue weighted by Crippen LogP contribution is -2.60. The molecule has 1 amide bonds. The molecule has 2 rings (SSSR count). The molecule has 0 unspecified atom stereocenters. The van der Waals surface area contributed by atoms with Crippen LogP contribution in [0.15, 0.2) is 22.8 Å². The smallest absolute Gasteiger partial charge is 0.290 e. The van der Waals surface area contributed by atoms with E-state index in [1.54, 1.807) is 18.4 Å². The Bertz CT molecular complexity index is 388. The molecule has 1 fully saturated rings. The van der Waals surface area contributed by atoms with E-state index in [0.29, 0.717) is 5.76 Å². The van der Waals surface area contributed by atoms with Gasteiger partial charge >= 0.3 is 0 Å². The first kappa shape index (κ1) is 12.2. The molecule has 0 spiro atoms. The maximum Gasteiger partial charge on any atom is 0.290 e. The number of amides is 1. The molecule has 17 heavy (non-hydrogen) atoms. The molecule has 1 aromatic heterocycles. The summed E-state index contributed by atoms with van der Waals surface area (Å²) in [6.07, 6.45) is 4.81. The molecule has 94 valence electrons. The third-order valence-corrected chi connectivity index (χ3v) is 3.72. The Morgan fingerprint density at radius 3 is 2.29 bits per heavy atom. The third-order valence-electron chi connectivity index (χ3n) is 3.72. The van der Waals surface area contributed by atoms with Crippen molar-refractivity contribution in [3.63, 3.8) is 0 Å². The number of furan rings is 1. The second kappa shape index (κ2) is 3.90. The fourth-order valence-electron chi connectivity index (χ4n) is 3.06. The van der Waals surface area contributed by atoms with Crippen molar-refractivity contribution in [2.75, 3.05) is 0 Å². The summed E-state index contributed by atoms with van der Waals surface area (Å²) in [5.74, 6) is 0.442. The Labute approximate surface area is 103 Å². The van der Waals surface area contributed by atoms with E-state index in [-0.39, 0.29) is 17.0 Å². The van der Waals surface area contributed by atoms with Crippen LogP contribution < -0.4 is 0 Å². The van der Waals surface area contributed by atoms with Gasteiger partial charge in [-0.1, -0.05) is 0 Å². The minimum atomic E-state index is -0.106. The fraction of sp³-hybridized carbons (Fsp3) is 0.643. The quantitative estimate of drug-likeness (QED) is 0.747. The number of likely N-dealkylation sites (tertiary alicyclic amines) is 1. The summed E-state index contributed by atoms with van der Waals surface area (Å²) < 4.78 is 5.24. The molecule has 0 aliphatic carbocycles. The summed E-state index contributed by atoms with van der Waals surface area (Å²) in [5.41, 5.74) is -0.211. The van der Waals surface area contributed by atoms with Gasteiger partial charge in [0.2, 0.25) is 0 Å². The van der Waals surface area contributed by atoms with Gasteiger partial charge in [-0.25, -0.2) is 0 Å². The van der Waals surface area contributed by atoms with E-state index in [9.17, 15) is 4.79 Å². The zero-order chi connectivity index (χ0) is 12.7. The van der Waals surface area contributed by atoms with Gasteiger partial charge in [0.15, 0.2) is 5.76 Å². The Kier molecular flexibility index (Phi) is 2.80. The van der Waals surface area contributed by atoms with Gasteiger partial charge in [0, 0.05) is 11.1 Å². The molecular formula is C14H21NO2. The summed E-state index contributed by atoms with van der Waals surface area (Å²) in [5, 5.41) is 0. The Balaban J connectivity index is 2.36. The zero-order valence-electron chi connectivity index (χ0n) is 11.1. The SMILES string of the molecule is CC1(C)CCCC(C)(C)N1C(=O)c1ccco1. The molecule has 1 aliphatic heterocycles. The maximum absolute atomic E-state index is 12.5. The van der Waals surface area contributed by atoms with Crippen molar-refractivity contribution in [1.82, 2.24) is 4.90 Å². The van der Waals surface area contributed by atoms with Crippen molar-refractivity contribution in [1.29, 1.82) is 0 Å². The van der Waals surface area contributed by atoms with E-state index in [0.717, 1.165) is 12.8 Å². The largest absolute Gasteiger partial charge is 0.459 e. The number of nitrogens with zero attached hydrogens (tertiary/aromatic N) is 1. The lowest BCUT2D eigenvalue weighted by atomic mass is 9.79. The van der Waals surface area contributed by atoms with Crippen LogP contribution in [0.3, 0.4) is 0 Å². The van der Waals surface area contributed by atoms with E-state index in [1.807, 2.05) is 4.90 Å². The highest BCUT2D eigenvalue weighted by Gasteiger charge is 2.44. The number of hydrogen-bond acceptors (Lipinski definition) is 2. The minimum Gasteiger partial charge on any atom is -0.459 e. The second-order valence-corrected chi connectivity index (χ2v) is 6.10. The van der Waals surface area contributed by atoms with Crippen molar-refractivity contribution >= 4 is 5.91 Å². The highest BCUT2D eigenvalue weighted by Crippen LogP contribution is 2.39. The van der Waals surface area contributed by atoms with Gasteiger partial charge in [-0.3, -0.25) is 4.79 Å². The maximum atomic E-state index is 12.5. The molecule has 1 saturated heterocycles. The van der Waals surface area contributed by atoms with Crippen LogP contribution in [-0.2, 0) is 0 Å². The predicted molar refractivity (Wildman–Crippen MR) is 66.9 cm³/mol. The number of carbonyl (C=O) groups is 1. The molecule has 3 nitrogen and oxygen atoms in total. The van der Waals surface area contributed by atoms with Crippen LogP contribution >= 0.6 is 0 Å². The molecular weight excluding hydrogens is 214 g/mol. The number of carbonyl (C=O) groups excluding carboxylic acids is 1. The second-order valence-electron chi connectivity index (χ2n) is 6.10. The van der Waals surface area contributed by atoms with Gasteiger partial charge in [0.25, 0.3) is 5.91 Å². The molecule has 0 bridgehead atoms. The van der Waals surface area contributed by atoms with Crippen molar-refractivity contribution < 1.29 is 9.21 Å². The number of rotatable bonds is 1. The highest BCUT2D eigenvalue weighted by atomic mass is 16.3. The first-order chi connectivity index (χ1) is 7.84. The molecule has 1 aliphatic rings. The highest BCUT2D eigenvalue weighted by molar-refractivity contribution is 5.92. The zero-order valence-corrected chi connectivity index (χ0v) is 11.1. The summed E-state index contributed by atoms with van der Waals surface area (Å²) in [6, 6.07) is 3.50. The minimum absolute atomic E-state index is 0.00435. The number of piperidine rings is 1. The normalized spacial score (nSPS) is 22.5. The molecule has 0 saturated carbocycles. The van der Waals surface area contributed by atoms with Gasteiger partial charge in [0.05, 0.1) is 6.26 Å². The fourth-order valence-corrected chi connectivity index (χ4v) is 3.06. The van der Waals surface area contributed by atoms with E-state index in [1.165, 1.54) is 6.42 Å². The third kappa shape index (κ3) is 2.11. The summed E-state index contributed by atoms with van der Waals surface area (Å²) in [4.78, 5) is 14.5. The Morgan fingerprint density at radius 2 is 1.82 bits per heavy atom. The molecule has 3 heteroatoms. The van der Waals surface area contributed by atoms with Crippen LogP contribution in [0.2, 0.25) is 0 Å². The first-order valence-corrected chi connectivity index (χ1v) is 6.23. The molecule has 0 aromatic carbocycles. The first-order valence-electron chi connectivity index (χ1n) is 6.23. The molecule has 2 heterocycles. The van der Waals surface area contributed by atoms with E-state index >= 15 is 0 Å². The van der Waals surface area contributed by atoms with Crippen molar-refractivity contribution in [2.45, 2.75) is 58.0 Å². The van der Waals surface area contributed by atoms with Gasteiger partial charge in [-0.2, -0.15) is 0 Å². The van der Waals surface area contributed by atoms with Crippen LogP contribution in [0.5, 0.6) is 0 Å². The van der Waals surface area contributed by atoms with Gasteiger partial charge in [-0.15, -0.1) is 0 Å². The Hall–Kier alpha value is -1.25. The van der Waals surface area contributed by atoms with Gasteiger partial charge < -0.3 is 9.32 Å².